The molecular formula is C12H12N2O3S. The van der Waals surface area contributed by atoms with Gasteiger partial charge in [-0.05, 0) is 29.8 Å². The van der Waals surface area contributed by atoms with Crippen molar-refractivity contribution >= 4 is 10.0 Å². The van der Waals surface area contributed by atoms with Gasteiger partial charge >= 0.3 is 0 Å². The van der Waals surface area contributed by atoms with Crippen LogP contribution in [-0.4, -0.2) is 18.5 Å². The van der Waals surface area contributed by atoms with Gasteiger partial charge in [0.1, 0.15) is 10.6 Å². The van der Waals surface area contributed by atoms with Crippen molar-refractivity contribution in [3.8, 4) is 5.75 Å². The van der Waals surface area contributed by atoms with E-state index in [9.17, 15) is 13.5 Å². The van der Waals surface area contributed by atoms with Crippen LogP contribution < -0.4 is 4.72 Å². The number of hydrogen-bond donors (Lipinski definition) is 2. The highest BCUT2D eigenvalue weighted by atomic mass is 32.2. The van der Waals surface area contributed by atoms with Crippen molar-refractivity contribution in [2.75, 3.05) is 0 Å². The standard InChI is InChI=1S/C12H12N2O3S/c15-11-3-1-2-4-12(11)18(16,17)14-9-10-5-7-13-8-6-10/h1-8,14-15H,9H2. The predicted octanol–water partition coefficient (Wildman–Crippen LogP) is 1.27. The van der Waals surface area contributed by atoms with Crippen LogP contribution in [0.4, 0.5) is 0 Å². The molecule has 1 aromatic carbocycles. The van der Waals surface area contributed by atoms with Gasteiger partial charge in [-0.2, -0.15) is 0 Å². The Kier molecular flexibility index (Phi) is 3.59. The van der Waals surface area contributed by atoms with E-state index in [0.29, 0.717) is 0 Å². The molecule has 5 nitrogen and oxygen atoms in total. The number of aromatic hydroxyl groups is 1. The largest absolute Gasteiger partial charge is 0.507 e. The molecule has 1 aromatic heterocycles. The van der Waals surface area contributed by atoms with Gasteiger partial charge in [0.15, 0.2) is 0 Å². The number of rotatable bonds is 4. The normalized spacial score (nSPS) is 11.3. The van der Waals surface area contributed by atoms with Gasteiger partial charge in [-0.1, -0.05) is 12.1 Å². The molecule has 0 fully saturated rings. The Morgan fingerprint density at radius 1 is 1.11 bits per heavy atom. The summed E-state index contributed by atoms with van der Waals surface area (Å²) in [5.74, 6) is -0.264. The number of benzene rings is 1. The van der Waals surface area contributed by atoms with Gasteiger partial charge in [0.2, 0.25) is 10.0 Å². The summed E-state index contributed by atoms with van der Waals surface area (Å²) in [4.78, 5) is 3.72. The van der Waals surface area contributed by atoms with Crippen LogP contribution in [-0.2, 0) is 16.6 Å². The highest BCUT2D eigenvalue weighted by Gasteiger charge is 2.17. The first-order valence-corrected chi connectivity index (χ1v) is 6.74. The van der Waals surface area contributed by atoms with Gasteiger partial charge < -0.3 is 5.11 Å². The minimum atomic E-state index is -3.71. The van der Waals surface area contributed by atoms with Crippen LogP contribution in [0.2, 0.25) is 0 Å². The van der Waals surface area contributed by atoms with Gasteiger partial charge in [0.05, 0.1) is 0 Å². The Labute approximate surface area is 105 Å². The summed E-state index contributed by atoms with van der Waals surface area (Å²) in [6.07, 6.45) is 3.17. The van der Waals surface area contributed by atoms with Gasteiger partial charge in [-0.3, -0.25) is 4.98 Å². The predicted molar refractivity (Wildman–Crippen MR) is 66.4 cm³/mol. The fourth-order valence-corrected chi connectivity index (χ4v) is 2.55. The SMILES string of the molecule is O=S(=O)(NCc1ccncc1)c1ccccc1O. The number of nitrogens with one attached hydrogen (secondary N) is 1. The molecule has 2 rings (SSSR count). The van der Waals surface area contributed by atoms with Gasteiger partial charge in [-0.15, -0.1) is 0 Å². The van der Waals surface area contributed by atoms with E-state index >= 15 is 0 Å². The summed E-state index contributed by atoms with van der Waals surface area (Å²) in [6.45, 7) is 0.152. The monoisotopic (exact) mass is 264 g/mol. The van der Waals surface area contributed by atoms with E-state index in [2.05, 4.69) is 9.71 Å². The molecule has 0 aliphatic heterocycles. The molecule has 0 unspecified atom stereocenters. The van der Waals surface area contributed by atoms with Crippen LogP contribution in [0.25, 0.3) is 0 Å². The molecule has 0 aliphatic carbocycles. The zero-order chi connectivity index (χ0) is 13.0. The summed E-state index contributed by atoms with van der Waals surface area (Å²) in [5, 5.41) is 9.51. The summed E-state index contributed by atoms with van der Waals surface area (Å²) >= 11 is 0. The summed E-state index contributed by atoms with van der Waals surface area (Å²) in [7, 11) is -3.71. The Morgan fingerprint density at radius 2 is 1.78 bits per heavy atom. The molecule has 0 amide bonds. The average molecular weight is 264 g/mol. The second kappa shape index (κ2) is 5.16. The molecule has 0 saturated carbocycles. The first-order chi connectivity index (χ1) is 8.59. The number of sulfonamides is 1. The second-order valence-electron chi connectivity index (χ2n) is 3.65. The third kappa shape index (κ3) is 2.85. The van der Waals surface area contributed by atoms with Crippen molar-refractivity contribution in [1.29, 1.82) is 0 Å². The Balaban J connectivity index is 2.16. The van der Waals surface area contributed by atoms with Crippen molar-refractivity contribution in [2.24, 2.45) is 0 Å². The fraction of sp³-hybridized carbons (Fsp3) is 0.0833. The Hall–Kier alpha value is -1.92. The zero-order valence-corrected chi connectivity index (χ0v) is 10.3. The molecule has 6 heteroatoms. The maximum atomic E-state index is 11.9. The number of pyridine rings is 1. The molecule has 1 heterocycles. The number of hydrogen-bond acceptors (Lipinski definition) is 4. The van der Waals surface area contributed by atoms with Crippen molar-refractivity contribution in [3.05, 3.63) is 54.4 Å². The van der Waals surface area contributed by atoms with Crippen molar-refractivity contribution in [2.45, 2.75) is 11.4 Å². The average Bonchev–Trinajstić information content (AvgIpc) is 2.38. The minimum absolute atomic E-state index is 0.126. The molecule has 0 saturated heterocycles. The van der Waals surface area contributed by atoms with Crippen LogP contribution in [0.3, 0.4) is 0 Å². The Morgan fingerprint density at radius 3 is 2.44 bits per heavy atom. The molecule has 0 radical (unpaired) electrons. The molecule has 94 valence electrons. The lowest BCUT2D eigenvalue weighted by molar-refractivity contribution is 0.458. The highest BCUT2D eigenvalue weighted by molar-refractivity contribution is 7.89. The van der Waals surface area contributed by atoms with E-state index in [1.165, 1.54) is 12.1 Å². The first kappa shape index (κ1) is 12.5. The van der Waals surface area contributed by atoms with Crippen molar-refractivity contribution in [3.63, 3.8) is 0 Å². The first-order valence-electron chi connectivity index (χ1n) is 5.26. The fourth-order valence-electron chi connectivity index (χ4n) is 1.44. The third-order valence-corrected chi connectivity index (χ3v) is 3.82. The van der Waals surface area contributed by atoms with E-state index in [4.69, 9.17) is 0 Å². The van der Waals surface area contributed by atoms with Gasteiger partial charge in [-0.25, -0.2) is 13.1 Å². The molecular weight excluding hydrogens is 252 g/mol. The molecule has 0 aliphatic rings. The minimum Gasteiger partial charge on any atom is -0.507 e. The Bertz CT molecular complexity index is 627. The molecule has 0 bridgehead atoms. The summed E-state index contributed by atoms with van der Waals surface area (Å²) in [5.41, 5.74) is 0.795. The lowest BCUT2D eigenvalue weighted by atomic mass is 10.3. The molecule has 2 N–H and O–H groups in total. The molecule has 2 aromatic rings. The maximum absolute atomic E-state index is 11.9. The number of nitrogens with zero attached hydrogens (tertiary/aromatic N) is 1. The molecule has 18 heavy (non-hydrogen) atoms. The van der Waals surface area contributed by atoms with Gasteiger partial charge in [0, 0.05) is 18.9 Å². The van der Waals surface area contributed by atoms with Crippen LogP contribution >= 0.6 is 0 Å². The van der Waals surface area contributed by atoms with E-state index in [-0.39, 0.29) is 17.2 Å². The third-order valence-electron chi connectivity index (χ3n) is 2.37. The summed E-state index contributed by atoms with van der Waals surface area (Å²) in [6, 6.07) is 9.24. The highest BCUT2D eigenvalue weighted by Crippen LogP contribution is 2.21. The topological polar surface area (TPSA) is 79.3 Å². The number of aromatic nitrogens is 1. The number of para-hydroxylation sites is 1. The van der Waals surface area contributed by atoms with E-state index in [0.717, 1.165) is 5.56 Å². The van der Waals surface area contributed by atoms with Crippen LogP contribution in [0.1, 0.15) is 5.56 Å². The lowest BCUT2D eigenvalue weighted by Crippen LogP contribution is -2.23. The maximum Gasteiger partial charge on any atom is 0.244 e. The van der Waals surface area contributed by atoms with Crippen LogP contribution in [0.15, 0.2) is 53.7 Å². The zero-order valence-electron chi connectivity index (χ0n) is 9.45. The number of phenolic OH excluding ortho intramolecular Hbond substituents is 1. The smallest absolute Gasteiger partial charge is 0.244 e. The molecule has 0 atom stereocenters. The van der Waals surface area contributed by atoms with Crippen molar-refractivity contribution < 1.29 is 13.5 Å². The lowest BCUT2D eigenvalue weighted by Gasteiger charge is -2.07. The van der Waals surface area contributed by atoms with E-state index in [1.807, 2.05) is 0 Å². The summed E-state index contributed by atoms with van der Waals surface area (Å²) < 4.78 is 26.3. The molecule has 0 spiro atoms. The second-order valence-corrected chi connectivity index (χ2v) is 5.38. The van der Waals surface area contributed by atoms with Crippen molar-refractivity contribution in [1.82, 2.24) is 9.71 Å². The van der Waals surface area contributed by atoms with Gasteiger partial charge in [0.25, 0.3) is 0 Å². The van der Waals surface area contributed by atoms with E-state index < -0.39 is 10.0 Å². The quantitative estimate of drug-likeness (QED) is 0.871. The van der Waals surface area contributed by atoms with Crippen LogP contribution in [0.5, 0.6) is 5.75 Å². The van der Waals surface area contributed by atoms with E-state index in [1.54, 1.807) is 36.7 Å². The van der Waals surface area contributed by atoms with Crippen LogP contribution in [0, 0.1) is 0 Å². The number of phenols is 1.